The molecule has 0 radical (unpaired) electrons. The van der Waals surface area contributed by atoms with Gasteiger partial charge in [0.25, 0.3) is 0 Å². The maximum absolute atomic E-state index is 3.42. The maximum atomic E-state index is 3.42. The van der Waals surface area contributed by atoms with Crippen molar-refractivity contribution in [1.29, 1.82) is 0 Å². The molecule has 0 spiro atoms. The van der Waals surface area contributed by atoms with Crippen LogP contribution in [0.2, 0.25) is 0 Å². The molecule has 5 rings (SSSR count). The van der Waals surface area contributed by atoms with E-state index in [2.05, 4.69) is 47.4 Å². The molecule has 0 aliphatic heterocycles. The van der Waals surface area contributed by atoms with Crippen LogP contribution in [0.4, 0.5) is 0 Å². The summed E-state index contributed by atoms with van der Waals surface area (Å²) in [6, 6.07) is 40.1. The molecule has 0 bridgehead atoms. The van der Waals surface area contributed by atoms with Crippen LogP contribution in [0.5, 0.6) is 0 Å². The Kier molecular flexibility index (Phi) is 7.86. The van der Waals surface area contributed by atoms with Crippen LogP contribution in [0.3, 0.4) is 0 Å². The summed E-state index contributed by atoms with van der Waals surface area (Å²) in [4.78, 5) is 0. The van der Waals surface area contributed by atoms with Gasteiger partial charge >= 0.3 is 225 Å². The third-order valence-corrected chi connectivity index (χ3v) is 7.45. The van der Waals surface area contributed by atoms with Crippen molar-refractivity contribution in [3.63, 3.8) is 0 Å². The second-order valence-corrected chi connectivity index (χ2v) is 10.1. The van der Waals surface area contributed by atoms with Gasteiger partial charge in [-0.2, -0.15) is 0 Å². The Labute approximate surface area is 224 Å². The van der Waals surface area contributed by atoms with E-state index in [1.807, 2.05) is 121 Å². The Morgan fingerprint density at radius 2 is 0.568 bits per heavy atom. The molecule has 0 atom stereocenters. The molecule has 1 aromatic heterocycles. The van der Waals surface area contributed by atoms with Crippen molar-refractivity contribution >= 4 is 14.5 Å². The fraction of sp³-hybridized carbons (Fsp3) is 0. The Morgan fingerprint density at radius 3 is 0.865 bits per heavy atom. The monoisotopic (exact) mass is 532 g/mol. The van der Waals surface area contributed by atoms with Gasteiger partial charge in [0.2, 0.25) is 0 Å². The second kappa shape index (κ2) is 12.2. The van der Waals surface area contributed by atoms with Gasteiger partial charge in [0.1, 0.15) is 0 Å². The summed E-state index contributed by atoms with van der Waals surface area (Å²) >= 11 is -0.0923. The predicted octanol–water partition coefficient (Wildman–Crippen LogP) is 6.34. The van der Waals surface area contributed by atoms with E-state index in [0.717, 1.165) is 42.3 Å². The molecule has 0 saturated carbocycles. The third-order valence-electron chi connectivity index (χ3n) is 5.31. The Bertz CT molecular complexity index is 1610. The van der Waals surface area contributed by atoms with Crippen LogP contribution in [-0.2, 0) is 0 Å². The average Bonchev–Trinajstić information content (AvgIpc) is 3.31. The van der Waals surface area contributed by atoms with Crippen molar-refractivity contribution in [2.75, 3.05) is 0 Å². The van der Waals surface area contributed by atoms with Crippen LogP contribution in [0.15, 0.2) is 121 Å². The van der Waals surface area contributed by atoms with Crippen LogP contribution in [0.1, 0.15) is 42.3 Å². The molecule has 0 unspecified atom stereocenters. The number of benzene rings is 4. The first-order valence-corrected chi connectivity index (χ1v) is 13.5. The van der Waals surface area contributed by atoms with Crippen molar-refractivity contribution in [1.82, 2.24) is 0 Å². The van der Waals surface area contributed by atoms with Crippen molar-refractivity contribution in [2.24, 2.45) is 0 Å². The van der Waals surface area contributed by atoms with Crippen molar-refractivity contribution < 1.29 is 0 Å². The van der Waals surface area contributed by atoms with E-state index >= 15 is 0 Å². The van der Waals surface area contributed by atoms with Gasteiger partial charge in [0.15, 0.2) is 0 Å². The van der Waals surface area contributed by atoms with E-state index in [0.29, 0.717) is 0 Å². The zero-order valence-electron chi connectivity index (χ0n) is 20.0. The SMILES string of the molecule is C(#Cc1[se]c(C#Cc2ccccc2)c(C#Cc2ccccc2)c1C#Cc1ccccc1)c1ccccc1. The summed E-state index contributed by atoms with van der Waals surface area (Å²) in [5.41, 5.74) is 5.62. The minimum atomic E-state index is -0.0923. The number of rotatable bonds is 0. The summed E-state index contributed by atoms with van der Waals surface area (Å²) in [5.74, 6) is 26.9. The zero-order chi connectivity index (χ0) is 25.1. The molecule has 0 saturated heterocycles. The first-order chi connectivity index (χ1) is 18.3. The van der Waals surface area contributed by atoms with Crippen molar-refractivity contribution in [3.8, 4) is 47.4 Å². The fourth-order valence-electron chi connectivity index (χ4n) is 3.46. The van der Waals surface area contributed by atoms with E-state index in [9.17, 15) is 0 Å². The Hall–Kier alpha value is -4.88. The fourth-order valence-corrected chi connectivity index (χ4v) is 5.39. The van der Waals surface area contributed by atoms with Crippen LogP contribution in [-0.4, -0.2) is 14.5 Å². The van der Waals surface area contributed by atoms with Gasteiger partial charge in [0.05, 0.1) is 0 Å². The molecule has 5 aromatic rings. The molecular weight excluding hydrogens is 511 g/mol. The summed E-state index contributed by atoms with van der Waals surface area (Å²) < 4.78 is 2.02. The standard InChI is InChI=1S/C36H20Se/c1-5-13-29(14-6-1)21-25-33-34(26-22-30-15-7-2-8-16-30)36(28-24-32-19-11-4-12-20-32)37-35(33)27-23-31-17-9-3-10-18-31/h1-20H. The predicted molar refractivity (Wildman–Crippen MR) is 153 cm³/mol. The summed E-state index contributed by atoms with van der Waals surface area (Å²) in [5, 5.41) is 0. The molecule has 1 heterocycles. The summed E-state index contributed by atoms with van der Waals surface area (Å²) in [7, 11) is 0. The topological polar surface area (TPSA) is 0 Å². The molecule has 1 heteroatoms. The molecule has 0 aliphatic rings. The molecule has 0 aliphatic carbocycles. The van der Waals surface area contributed by atoms with Gasteiger partial charge in [-0.3, -0.25) is 0 Å². The van der Waals surface area contributed by atoms with Gasteiger partial charge in [0, 0.05) is 0 Å². The Balaban J connectivity index is 1.69. The van der Waals surface area contributed by atoms with E-state index in [4.69, 9.17) is 0 Å². The average molecular weight is 532 g/mol. The number of hydrogen-bond donors (Lipinski definition) is 0. The number of hydrogen-bond acceptors (Lipinski definition) is 0. The van der Waals surface area contributed by atoms with Crippen LogP contribution in [0.25, 0.3) is 0 Å². The van der Waals surface area contributed by atoms with Crippen LogP contribution >= 0.6 is 0 Å². The molecule has 170 valence electrons. The van der Waals surface area contributed by atoms with Crippen molar-refractivity contribution in [3.05, 3.63) is 164 Å². The van der Waals surface area contributed by atoms with E-state index in [1.54, 1.807) is 0 Å². The molecule has 0 nitrogen and oxygen atoms in total. The zero-order valence-corrected chi connectivity index (χ0v) is 21.7. The van der Waals surface area contributed by atoms with E-state index in [1.165, 1.54) is 0 Å². The second-order valence-electron chi connectivity index (χ2n) is 7.97. The molecule has 0 N–H and O–H groups in total. The molecule has 0 amide bonds. The van der Waals surface area contributed by atoms with Crippen LogP contribution < -0.4 is 0 Å². The van der Waals surface area contributed by atoms with Gasteiger partial charge in [-0.05, 0) is 0 Å². The minimum absolute atomic E-state index is 0.0923. The van der Waals surface area contributed by atoms with Gasteiger partial charge < -0.3 is 0 Å². The van der Waals surface area contributed by atoms with Crippen LogP contribution in [0, 0.1) is 47.4 Å². The normalized spacial score (nSPS) is 9.30. The van der Waals surface area contributed by atoms with Crippen molar-refractivity contribution in [2.45, 2.75) is 0 Å². The van der Waals surface area contributed by atoms with E-state index in [-0.39, 0.29) is 14.5 Å². The molecule has 37 heavy (non-hydrogen) atoms. The van der Waals surface area contributed by atoms with Gasteiger partial charge in [-0.1, -0.05) is 0 Å². The van der Waals surface area contributed by atoms with Gasteiger partial charge in [-0.15, -0.1) is 0 Å². The Morgan fingerprint density at radius 1 is 0.297 bits per heavy atom. The first-order valence-electron chi connectivity index (χ1n) is 11.8. The molecule has 0 fully saturated rings. The van der Waals surface area contributed by atoms with Gasteiger partial charge in [-0.25, -0.2) is 0 Å². The first kappa shape index (κ1) is 23.8. The summed E-state index contributed by atoms with van der Waals surface area (Å²) in [6.45, 7) is 0. The quantitative estimate of drug-likeness (QED) is 0.162. The summed E-state index contributed by atoms with van der Waals surface area (Å²) in [6.07, 6.45) is 0. The van der Waals surface area contributed by atoms with E-state index < -0.39 is 0 Å². The third kappa shape index (κ3) is 6.62. The molecular formula is C36H20Se. The molecule has 4 aromatic carbocycles.